The number of nitrogens with zero attached hydrogens (tertiary/aromatic N) is 3. The summed E-state index contributed by atoms with van der Waals surface area (Å²) in [6.45, 7) is 5.38. The third-order valence-corrected chi connectivity index (χ3v) is 4.61. The van der Waals surface area contributed by atoms with Crippen LogP contribution in [0.3, 0.4) is 0 Å². The van der Waals surface area contributed by atoms with Crippen molar-refractivity contribution in [3.8, 4) is 0 Å². The molecule has 0 fully saturated rings. The van der Waals surface area contributed by atoms with Gasteiger partial charge in [0.15, 0.2) is 0 Å². The molecule has 112 valence electrons. The van der Waals surface area contributed by atoms with Crippen LogP contribution in [-0.4, -0.2) is 32.0 Å². The number of benzene rings is 1. The van der Waals surface area contributed by atoms with Gasteiger partial charge in [-0.05, 0) is 25.5 Å². The Balaban J connectivity index is 1.77. The smallest absolute Gasteiger partial charge is 0.329 e. The fraction of sp³-hybridized carbons (Fsp3) is 0.294. The zero-order valence-corrected chi connectivity index (χ0v) is 12.8. The Morgan fingerprint density at radius 3 is 2.86 bits per heavy atom. The van der Waals surface area contributed by atoms with Gasteiger partial charge in [0.1, 0.15) is 0 Å². The lowest BCUT2D eigenvalue weighted by molar-refractivity contribution is 0.190. The van der Waals surface area contributed by atoms with Crippen molar-refractivity contribution in [2.45, 2.75) is 26.8 Å². The average Bonchev–Trinajstić information content (AvgIpc) is 3.05. The maximum Gasteiger partial charge on any atom is 0.329 e. The Kier molecular flexibility index (Phi) is 2.82. The number of aromatic amines is 1. The Bertz CT molecular complexity index is 874. The first-order chi connectivity index (χ1) is 10.7. The quantitative estimate of drug-likeness (QED) is 0.790. The molecule has 3 heterocycles. The third-order valence-electron chi connectivity index (χ3n) is 4.61. The molecular formula is C17H18N4O. The van der Waals surface area contributed by atoms with E-state index in [0.29, 0.717) is 6.54 Å². The number of fused-ring (bicyclic) bond motifs is 3. The summed E-state index contributed by atoms with van der Waals surface area (Å²) in [6, 6.07) is 8.17. The first-order valence-corrected chi connectivity index (χ1v) is 7.54. The molecule has 0 unspecified atom stereocenters. The molecule has 22 heavy (non-hydrogen) atoms. The molecule has 0 radical (unpaired) electrons. The van der Waals surface area contributed by atoms with Crippen LogP contribution in [0.4, 0.5) is 4.79 Å². The highest BCUT2D eigenvalue weighted by Gasteiger charge is 2.28. The van der Waals surface area contributed by atoms with Gasteiger partial charge in [0.25, 0.3) is 0 Å². The van der Waals surface area contributed by atoms with Gasteiger partial charge in [0.05, 0.1) is 24.1 Å². The molecule has 5 nitrogen and oxygen atoms in total. The molecule has 0 saturated carbocycles. The Hall–Kier alpha value is -2.56. The molecular weight excluding hydrogens is 276 g/mol. The van der Waals surface area contributed by atoms with Crippen LogP contribution in [0.15, 0.2) is 30.6 Å². The average molecular weight is 294 g/mol. The zero-order valence-electron chi connectivity index (χ0n) is 12.8. The SMILES string of the molecule is Cc1[nH]cnc1CN1CCc2c(C)c3ccccc3n2C1=O. The second-order valence-corrected chi connectivity index (χ2v) is 5.85. The van der Waals surface area contributed by atoms with E-state index >= 15 is 0 Å². The number of aryl methyl sites for hydroxylation is 2. The van der Waals surface area contributed by atoms with Crippen molar-refractivity contribution in [3.05, 3.63) is 53.2 Å². The second-order valence-electron chi connectivity index (χ2n) is 5.85. The van der Waals surface area contributed by atoms with E-state index in [4.69, 9.17) is 0 Å². The molecule has 3 aromatic rings. The van der Waals surface area contributed by atoms with Crippen LogP contribution >= 0.6 is 0 Å². The van der Waals surface area contributed by atoms with Crippen molar-refractivity contribution in [1.29, 1.82) is 0 Å². The van der Waals surface area contributed by atoms with Gasteiger partial charge in [-0.2, -0.15) is 0 Å². The van der Waals surface area contributed by atoms with Crippen LogP contribution in [0.2, 0.25) is 0 Å². The lowest BCUT2D eigenvalue weighted by Gasteiger charge is -2.28. The summed E-state index contributed by atoms with van der Waals surface area (Å²) in [4.78, 5) is 22.2. The minimum Gasteiger partial charge on any atom is -0.348 e. The van der Waals surface area contributed by atoms with E-state index in [1.54, 1.807) is 6.33 Å². The molecule has 2 aromatic heterocycles. The highest BCUT2D eigenvalue weighted by molar-refractivity contribution is 5.95. The maximum absolute atomic E-state index is 12.9. The van der Waals surface area contributed by atoms with E-state index in [2.05, 4.69) is 23.0 Å². The second kappa shape index (κ2) is 4.73. The van der Waals surface area contributed by atoms with Crippen molar-refractivity contribution in [2.24, 2.45) is 0 Å². The molecule has 0 spiro atoms. The van der Waals surface area contributed by atoms with Crippen LogP contribution in [-0.2, 0) is 13.0 Å². The molecule has 0 saturated heterocycles. The van der Waals surface area contributed by atoms with E-state index in [9.17, 15) is 4.79 Å². The van der Waals surface area contributed by atoms with Crippen LogP contribution in [0, 0.1) is 13.8 Å². The first kappa shape index (κ1) is 13.1. The van der Waals surface area contributed by atoms with Gasteiger partial charge in [0, 0.05) is 29.7 Å². The molecule has 1 aliphatic heterocycles. The highest BCUT2D eigenvalue weighted by atomic mass is 16.2. The number of rotatable bonds is 2. The molecule has 1 aromatic carbocycles. The number of imidazole rings is 1. The van der Waals surface area contributed by atoms with Gasteiger partial charge >= 0.3 is 6.03 Å². The van der Waals surface area contributed by atoms with E-state index in [1.165, 1.54) is 10.9 Å². The van der Waals surface area contributed by atoms with Gasteiger partial charge < -0.3 is 9.88 Å². The summed E-state index contributed by atoms with van der Waals surface area (Å²) in [7, 11) is 0. The largest absolute Gasteiger partial charge is 0.348 e. The number of amides is 1. The topological polar surface area (TPSA) is 53.9 Å². The van der Waals surface area contributed by atoms with Crippen LogP contribution < -0.4 is 0 Å². The van der Waals surface area contributed by atoms with Crippen molar-refractivity contribution >= 4 is 16.9 Å². The molecule has 0 atom stereocenters. The summed E-state index contributed by atoms with van der Waals surface area (Å²) < 4.78 is 1.87. The summed E-state index contributed by atoms with van der Waals surface area (Å²) in [5.74, 6) is 0. The summed E-state index contributed by atoms with van der Waals surface area (Å²) >= 11 is 0. The van der Waals surface area contributed by atoms with Gasteiger partial charge in [-0.25, -0.2) is 9.78 Å². The summed E-state index contributed by atoms with van der Waals surface area (Å²) in [5.41, 5.74) is 5.32. The fourth-order valence-electron chi connectivity index (χ4n) is 3.32. The Labute approximate surface area is 128 Å². The number of hydrogen-bond acceptors (Lipinski definition) is 2. The normalized spacial score (nSPS) is 14.6. The van der Waals surface area contributed by atoms with Gasteiger partial charge in [-0.3, -0.25) is 4.57 Å². The van der Waals surface area contributed by atoms with Crippen molar-refractivity contribution in [2.75, 3.05) is 6.54 Å². The molecule has 4 rings (SSSR count). The highest BCUT2D eigenvalue weighted by Crippen LogP contribution is 2.29. The lowest BCUT2D eigenvalue weighted by Crippen LogP contribution is -2.41. The van der Waals surface area contributed by atoms with E-state index < -0.39 is 0 Å². The maximum atomic E-state index is 12.9. The minimum atomic E-state index is 0.0490. The molecule has 0 bridgehead atoms. The third kappa shape index (κ3) is 1.78. The molecule has 0 aliphatic carbocycles. The van der Waals surface area contributed by atoms with Gasteiger partial charge in [-0.15, -0.1) is 0 Å². The standard InChI is InChI=1S/C17H18N4O/c1-11-13-5-3-4-6-16(13)21-15(11)7-8-20(17(21)22)9-14-12(2)18-10-19-14/h3-6,10H,7-9H2,1-2H3,(H,18,19). The summed E-state index contributed by atoms with van der Waals surface area (Å²) in [5, 5.41) is 1.17. The first-order valence-electron chi connectivity index (χ1n) is 7.54. The predicted molar refractivity (Wildman–Crippen MR) is 84.9 cm³/mol. The van der Waals surface area contributed by atoms with Crippen molar-refractivity contribution in [1.82, 2.24) is 19.4 Å². The van der Waals surface area contributed by atoms with Crippen LogP contribution in [0.5, 0.6) is 0 Å². The van der Waals surface area contributed by atoms with Crippen molar-refractivity contribution in [3.63, 3.8) is 0 Å². The number of para-hydroxylation sites is 1. The predicted octanol–water partition coefficient (Wildman–Crippen LogP) is 3.01. The fourth-order valence-corrected chi connectivity index (χ4v) is 3.32. The number of hydrogen-bond donors (Lipinski definition) is 1. The van der Waals surface area contributed by atoms with Gasteiger partial charge in [0.2, 0.25) is 0 Å². The minimum absolute atomic E-state index is 0.0490. The van der Waals surface area contributed by atoms with Gasteiger partial charge in [-0.1, -0.05) is 18.2 Å². The number of carbonyl (C=O) groups is 1. The van der Waals surface area contributed by atoms with E-state index in [-0.39, 0.29) is 6.03 Å². The Morgan fingerprint density at radius 2 is 2.09 bits per heavy atom. The summed E-state index contributed by atoms with van der Waals surface area (Å²) in [6.07, 6.45) is 2.56. The zero-order chi connectivity index (χ0) is 15.3. The Morgan fingerprint density at radius 1 is 1.27 bits per heavy atom. The number of aromatic nitrogens is 3. The molecule has 1 aliphatic rings. The molecule has 1 amide bonds. The van der Waals surface area contributed by atoms with Crippen LogP contribution in [0.25, 0.3) is 10.9 Å². The van der Waals surface area contributed by atoms with Crippen molar-refractivity contribution < 1.29 is 4.79 Å². The molecule has 1 N–H and O–H groups in total. The molecule has 5 heteroatoms. The number of H-pyrrole nitrogens is 1. The number of carbonyl (C=O) groups excluding carboxylic acids is 1. The van der Waals surface area contributed by atoms with E-state index in [0.717, 1.165) is 35.6 Å². The lowest BCUT2D eigenvalue weighted by atomic mass is 10.1. The van der Waals surface area contributed by atoms with E-state index in [1.807, 2.05) is 34.6 Å². The van der Waals surface area contributed by atoms with Crippen LogP contribution in [0.1, 0.15) is 22.6 Å². The monoisotopic (exact) mass is 294 g/mol. The number of nitrogens with one attached hydrogen (secondary N) is 1.